The number of hydrogen-bond acceptors (Lipinski definition) is 3. The van der Waals surface area contributed by atoms with Gasteiger partial charge in [-0.25, -0.2) is 0 Å². The van der Waals surface area contributed by atoms with Crippen LogP contribution in [0.4, 0.5) is 0 Å². The Morgan fingerprint density at radius 3 is 2.67 bits per heavy atom. The van der Waals surface area contributed by atoms with Crippen molar-refractivity contribution in [3.63, 3.8) is 0 Å². The lowest BCUT2D eigenvalue weighted by Gasteiger charge is -2.33. The molecular weight excluding hydrogens is 347 g/mol. The summed E-state index contributed by atoms with van der Waals surface area (Å²) in [6.45, 7) is 6.28. The lowest BCUT2D eigenvalue weighted by molar-refractivity contribution is 0.198. The van der Waals surface area contributed by atoms with E-state index < -0.39 is 0 Å². The van der Waals surface area contributed by atoms with Crippen molar-refractivity contribution >= 4 is 29.2 Å². The molecule has 0 unspecified atom stereocenters. The second-order valence-corrected chi connectivity index (χ2v) is 6.74. The Morgan fingerprint density at radius 2 is 2.04 bits per heavy atom. The van der Waals surface area contributed by atoms with Crippen molar-refractivity contribution in [2.24, 2.45) is 4.99 Å². The molecule has 0 aromatic heterocycles. The molecule has 0 amide bonds. The zero-order valence-electron chi connectivity index (χ0n) is 14.1. The van der Waals surface area contributed by atoms with Crippen molar-refractivity contribution in [1.82, 2.24) is 15.5 Å². The van der Waals surface area contributed by atoms with E-state index in [1.165, 1.54) is 5.56 Å². The van der Waals surface area contributed by atoms with Gasteiger partial charge < -0.3 is 15.7 Å². The van der Waals surface area contributed by atoms with E-state index in [1.807, 2.05) is 25.1 Å². The van der Waals surface area contributed by atoms with Gasteiger partial charge in [0.2, 0.25) is 0 Å². The van der Waals surface area contributed by atoms with E-state index in [-0.39, 0.29) is 6.61 Å². The number of aliphatic hydroxyl groups is 1. The van der Waals surface area contributed by atoms with Crippen molar-refractivity contribution in [1.29, 1.82) is 0 Å². The first-order valence-electron chi connectivity index (χ1n) is 8.44. The van der Waals surface area contributed by atoms with Gasteiger partial charge in [0.05, 0.1) is 23.2 Å². The van der Waals surface area contributed by atoms with Crippen molar-refractivity contribution in [2.45, 2.75) is 32.4 Å². The first-order valence-corrected chi connectivity index (χ1v) is 9.20. The third-order valence-electron chi connectivity index (χ3n) is 4.03. The third-order valence-corrected chi connectivity index (χ3v) is 4.77. The highest BCUT2D eigenvalue weighted by Crippen LogP contribution is 2.24. The summed E-state index contributed by atoms with van der Waals surface area (Å²) in [5.41, 5.74) is 1.19. The van der Waals surface area contributed by atoms with Crippen LogP contribution in [0.2, 0.25) is 10.0 Å². The van der Waals surface area contributed by atoms with Crippen molar-refractivity contribution < 1.29 is 5.11 Å². The molecule has 0 spiro atoms. The molecule has 1 aliphatic rings. The molecule has 1 saturated heterocycles. The van der Waals surface area contributed by atoms with Crippen molar-refractivity contribution in [3.05, 3.63) is 33.8 Å². The van der Waals surface area contributed by atoms with Crippen LogP contribution in [0.5, 0.6) is 0 Å². The van der Waals surface area contributed by atoms with Crippen LogP contribution < -0.4 is 10.6 Å². The molecule has 0 saturated carbocycles. The van der Waals surface area contributed by atoms with Crippen LogP contribution >= 0.6 is 23.2 Å². The molecule has 0 atom stereocenters. The molecule has 7 heteroatoms. The minimum Gasteiger partial charge on any atom is -0.394 e. The summed E-state index contributed by atoms with van der Waals surface area (Å²) in [7, 11) is 0. The zero-order chi connectivity index (χ0) is 17.4. The molecule has 2 rings (SSSR count). The molecular formula is C17H26Cl2N4O. The van der Waals surface area contributed by atoms with E-state index in [1.54, 1.807) is 0 Å². The maximum absolute atomic E-state index is 8.91. The smallest absolute Gasteiger partial charge is 0.191 e. The molecule has 0 bridgehead atoms. The molecule has 5 nitrogen and oxygen atoms in total. The number of hydrogen-bond donors (Lipinski definition) is 3. The number of benzene rings is 1. The van der Waals surface area contributed by atoms with E-state index in [2.05, 4.69) is 20.5 Å². The van der Waals surface area contributed by atoms with Gasteiger partial charge in [0.25, 0.3) is 0 Å². The standard InChI is InChI=1S/C17H26Cl2N4O/c1-2-20-17(21-7-10-24)22-14-5-8-23(9-6-14)12-13-3-4-15(18)16(19)11-13/h3-4,11,14,24H,2,5-10,12H2,1H3,(H2,20,21,22). The summed E-state index contributed by atoms with van der Waals surface area (Å²) in [5, 5.41) is 16.8. The summed E-state index contributed by atoms with van der Waals surface area (Å²) < 4.78 is 0. The Kier molecular flexibility index (Phi) is 8.12. The Hall–Kier alpha value is -1.01. The number of nitrogens with zero attached hydrogens (tertiary/aromatic N) is 2. The van der Waals surface area contributed by atoms with Crippen molar-refractivity contribution in [2.75, 3.05) is 32.8 Å². The number of guanidine groups is 1. The van der Waals surface area contributed by atoms with Gasteiger partial charge in [-0.15, -0.1) is 0 Å². The molecule has 3 N–H and O–H groups in total. The Labute approximate surface area is 154 Å². The molecule has 0 radical (unpaired) electrons. The van der Waals surface area contributed by atoms with Crippen LogP contribution in [-0.2, 0) is 6.54 Å². The summed E-state index contributed by atoms with van der Waals surface area (Å²) >= 11 is 12.1. The van der Waals surface area contributed by atoms with E-state index in [0.717, 1.165) is 45.0 Å². The Bertz CT molecular complexity index is 545. The highest BCUT2D eigenvalue weighted by molar-refractivity contribution is 6.42. The summed E-state index contributed by atoms with van der Waals surface area (Å²) in [6, 6.07) is 6.24. The minimum absolute atomic E-state index is 0.0681. The fraction of sp³-hybridized carbons (Fsp3) is 0.588. The number of rotatable bonds is 6. The average Bonchev–Trinajstić information content (AvgIpc) is 2.58. The van der Waals surface area contributed by atoms with Gasteiger partial charge in [-0.2, -0.15) is 0 Å². The number of nitrogens with one attached hydrogen (secondary N) is 2. The quantitative estimate of drug-likeness (QED) is 0.530. The van der Waals surface area contributed by atoms with Crippen LogP contribution in [0.1, 0.15) is 25.3 Å². The Balaban J connectivity index is 1.81. The summed E-state index contributed by atoms with van der Waals surface area (Å²) in [6.07, 6.45) is 2.12. The molecule has 134 valence electrons. The number of aliphatic imine (C=N–C) groups is 1. The predicted molar refractivity (Wildman–Crippen MR) is 101 cm³/mol. The number of piperidine rings is 1. The number of likely N-dealkylation sites (tertiary alicyclic amines) is 1. The second kappa shape index (κ2) is 10.1. The zero-order valence-corrected chi connectivity index (χ0v) is 15.6. The predicted octanol–water partition coefficient (Wildman–Crippen LogP) is 2.51. The normalized spacial score (nSPS) is 17.1. The summed E-state index contributed by atoms with van der Waals surface area (Å²) in [5.74, 6) is 0.787. The van der Waals surface area contributed by atoms with Gasteiger partial charge in [-0.05, 0) is 37.5 Å². The van der Waals surface area contributed by atoms with E-state index >= 15 is 0 Å². The highest BCUT2D eigenvalue weighted by atomic mass is 35.5. The second-order valence-electron chi connectivity index (χ2n) is 5.93. The molecule has 1 aliphatic heterocycles. The average molecular weight is 373 g/mol. The fourth-order valence-corrected chi connectivity index (χ4v) is 3.13. The maximum atomic E-state index is 8.91. The molecule has 1 heterocycles. The maximum Gasteiger partial charge on any atom is 0.191 e. The van der Waals surface area contributed by atoms with E-state index in [9.17, 15) is 0 Å². The van der Waals surface area contributed by atoms with Gasteiger partial charge in [0.1, 0.15) is 0 Å². The van der Waals surface area contributed by atoms with Crippen LogP contribution in [0.25, 0.3) is 0 Å². The minimum atomic E-state index is 0.0681. The highest BCUT2D eigenvalue weighted by Gasteiger charge is 2.20. The number of aliphatic hydroxyl groups excluding tert-OH is 1. The van der Waals surface area contributed by atoms with Gasteiger partial charge in [0.15, 0.2) is 5.96 Å². The van der Waals surface area contributed by atoms with Crippen molar-refractivity contribution in [3.8, 4) is 0 Å². The SMILES string of the molecule is CCNC(=NCCO)NC1CCN(Cc2ccc(Cl)c(Cl)c2)CC1. The first kappa shape index (κ1) is 19.3. The van der Waals surface area contributed by atoms with Crippen LogP contribution in [0.15, 0.2) is 23.2 Å². The number of halogens is 2. The molecule has 1 aromatic carbocycles. The summed E-state index contributed by atoms with van der Waals surface area (Å²) in [4.78, 5) is 6.76. The Morgan fingerprint density at radius 1 is 1.29 bits per heavy atom. The lowest BCUT2D eigenvalue weighted by Crippen LogP contribution is -2.48. The van der Waals surface area contributed by atoms with Gasteiger partial charge >= 0.3 is 0 Å². The third kappa shape index (κ3) is 6.13. The van der Waals surface area contributed by atoms with E-state index in [4.69, 9.17) is 28.3 Å². The van der Waals surface area contributed by atoms with Crippen LogP contribution in [-0.4, -0.2) is 54.8 Å². The first-order chi connectivity index (χ1) is 11.6. The molecule has 0 aliphatic carbocycles. The van der Waals surface area contributed by atoms with Gasteiger partial charge in [-0.3, -0.25) is 9.89 Å². The monoisotopic (exact) mass is 372 g/mol. The fourth-order valence-electron chi connectivity index (χ4n) is 2.81. The largest absolute Gasteiger partial charge is 0.394 e. The van der Waals surface area contributed by atoms with Gasteiger partial charge in [0, 0.05) is 32.2 Å². The van der Waals surface area contributed by atoms with E-state index in [0.29, 0.717) is 22.6 Å². The lowest BCUT2D eigenvalue weighted by atomic mass is 10.0. The molecule has 24 heavy (non-hydrogen) atoms. The van der Waals surface area contributed by atoms with Crippen LogP contribution in [0, 0.1) is 0 Å². The molecule has 1 aromatic rings. The van der Waals surface area contributed by atoms with Crippen LogP contribution in [0.3, 0.4) is 0 Å². The topological polar surface area (TPSA) is 59.9 Å². The molecule has 1 fully saturated rings. The van der Waals surface area contributed by atoms with Gasteiger partial charge in [-0.1, -0.05) is 29.3 Å².